The molecule has 3 saturated heterocycles. The van der Waals surface area contributed by atoms with E-state index in [2.05, 4.69) is 11.4 Å². The van der Waals surface area contributed by atoms with Crippen molar-refractivity contribution in [1.29, 1.82) is 5.26 Å². The van der Waals surface area contributed by atoms with Gasteiger partial charge < -0.3 is 10.2 Å². The zero-order valence-corrected chi connectivity index (χ0v) is 23.1. The van der Waals surface area contributed by atoms with Crippen molar-refractivity contribution >= 4 is 33.6 Å². The van der Waals surface area contributed by atoms with E-state index in [1.54, 1.807) is 0 Å². The van der Waals surface area contributed by atoms with Crippen molar-refractivity contribution < 1.29 is 26.8 Å². The van der Waals surface area contributed by atoms with Crippen LogP contribution < -0.4 is 5.32 Å². The lowest BCUT2D eigenvalue weighted by molar-refractivity contribution is -0.143. The summed E-state index contributed by atoms with van der Waals surface area (Å²) in [5.74, 6) is -3.08. The van der Waals surface area contributed by atoms with Crippen molar-refractivity contribution in [1.82, 2.24) is 18.8 Å². The molecule has 3 atom stereocenters. The third kappa shape index (κ3) is 5.51. The van der Waals surface area contributed by atoms with Crippen molar-refractivity contribution in [2.45, 2.75) is 57.0 Å². The molecule has 3 heterocycles. The summed E-state index contributed by atoms with van der Waals surface area (Å²) >= 11 is 5.73. The predicted molar refractivity (Wildman–Crippen MR) is 138 cm³/mol. The van der Waals surface area contributed by atoms with Crippen LogP contribution in [0.1, 0.15) is 56.6 Å². The van der Waals surface area contributed by atoms with Crippen LogP contribution in [-0.4, -0.2) is 72.5 Å². The number of piperidine rings is 1. The minimum Gasteiger partial charge on any atom is -0.347 e. The van der Waals surface area contributed by atoms with Gasteiger partial charge in [-0.15, -0.1) is 0 Å². The van der Waals surface area contributed by atoms with Crippen LogP contribution in [0.3, 0.4) is 0 Å². The highest BCUT2D eigenvalue weighted by atomic mass is 35.5. The van der Waals surface area contributed by atoms with Crippen LogP contribution in [0.25, 0.3) is 0 Å². The molecule has 0 unspecified atom stereocenters. The number of hydrogen-bond donors (Lipinski definition) is 1. The van der Waals surface area contributed by atoms with Gasteiger partial charge in [-0.3, -0.25) is 9.59 Å². The van der Waals surface area contributed by atoms with Crippen molar-refractivity contribution in [3.8, 4) is 6.07 Å². The molecule has 0 spiro atoms. The average Bonchev–Trinajstić information content (AvgIpc) is 3.34. The van der Waals surface area contributed by atoms with Gasteiger partial charge in [0.25, 0.3) is 10.2 Å². The van der Waals surface area contributed by atoms with Crippen LogP contribution in [0, 0.1) is 40.7 Å². The first-order chi connectivity index (χ1) is 18.6. The number of rotatable bonds is 7. The van der Waals surface area contributed by atoms with Crippen LogP contribution in [-0.2, 0) is 19.8 Å². The molecule has 5 rings (SSSR count). The third-order valence-electron chi connectivity index (χ3n) is 8.55. The maximum atomic E-state index is 14.8. The largest absolute Gasteiger partial charge is 0.347 e. The number of nitrogens with zero attached hydrogens (tertiary/aromatic N) is 4. The fourth-order valence-electron chi connectivity index (χ4n) is 6.01. The molecule has 0 aromatic heterocycles. The molecule has 2 amide bonds. The van der Waals surface area contributed by atoms with E-state index in [1.165, 1.54) is 13.5 Å². The average molecular weight is 584 g/mol. The van der Waals surface area contributed by atoms with E-state index in [9.17, 15) is 26.8 Å². The summed E-state index contributed by atoms with van der Waals surface area (Å²) in [5, 5.41) is 11.6. The molecule has 1 aromatic rings. The van der Waals surface area contributed by atoms with Gasteiger partial charge in [0.05, 0.1) is 29.0 Å². The van der Waals surface area contributed by atoms with Gasteiger partial charge in [0, 0.05) is 38.3 Å². The van der Waals surface area contributed by atoms with Gasteiger partial charge in [-0.25, -0.2) is 8.78 Å². The minimum absolute atomic E-state index is 0.0275. The maximum absolute atomic E-state index is 14.8. The number of halogens is 3. The fraction of sp³-hybridized carbons (Fsp3) is 0.654. The molecule has 9 nitrogen and oxygen atoms in total. The molecule has 0 radical (unpaired) electrons. The van der Waals surface area contributed by atoms with Gasteiger partial charge in [0.15, 0.2) is 0 Å². The Morgan fingerprint density at radius 1 is 1.00 bits per heavy atom. The second-order valence-electron chi connectivity index (χ2n) is 11.0. The Morgan fingerprint density at radius 3 is 2.38 bits per heavy atom. The fourth-order valence-corrected chi connectivity index (χ4v) is 7.95. The Morgan fingerprint density at radius 2 is 1.72 bits per heavy atom. The lowest BCUT2D eigenvalue weighted by Gasteiger charge is -2.41. The first kappa shape index (κ1) is 28.2. The van der Waals surface area contributed by atoms with Gasteiger partial charge in [0.1, 0.15) is 17.7 Å². The Balaban J connectivity index is 1.27. The van der Waals surface area contributed by atoms with Crippen molar-refractivity contribution in [2.24, 2.45) is 17.8 Å². The summed E-state index contributed by atoms with van der Waals surface area (Å²) in [4.78, 5) is 28.6. The third-order valence-corrected chi connectivity index (χ3v) is 10.8. The molecular formula is C26H32ClF2N5O4S. The molecule has 39 heavy (non-hydrogen) atoms. The van der Waals surface area contributed by atoms with Gasteiger partial charge >= 0.3 is 0 Å². The molecule has 1 aliphatic carbocycles. The van der Waals surface area contributed by atoms with E-state index in [1.807, 2.05) is 0 Å². The quantitative estimate of drug-likeness (QED) is 0.496. The van der Waals surface area contributed by atoms with E-state index < -0.39 is 45.8 Å². The summed E-state index contributed by atoms with van der Waals surface area (Å²) in [6, 6.07) is 2.51. The normalized spacial score (nSPS) is 25.9. The Labute approximate surface area is 232 Å². The molecule has 0 bridgehead atoms. The summed E-state index contributed by atoms with van der Waals surface area (Å²) in [6.07, 6.45) is 4.53. The molecular weight excluding hydrogens is 552 g/mol. The van der Waals surface area contributed by atoms with E-state index in [0.717, 1.165) is 31.4 Å². The second kappa shape index (κ2) is 11.3. The Hall–Kier alpha value is -2.33. The number of nitriles is 1. The van der Waals surface area contributed by atoms with Gasteiger partial charge in [0.2, 0.25) is 11.8 Å². The Bertz CT molecular complexity index is 1280. The predicted octanol–water partition coefficient (Wildman–Crippen LogP) is 2.98. The molecule has 1 aromatic carbocycles. The van der Waals surface area contributed by atoms with E-state index in [-0.39, 0.29) is 48.0 Å². The molecule has 4 aliphatic rings. The van der Waals surface area contributed by atoms with E-state index in [0.29, 0.717) is 38.8 Å². The smallest absolute Gasteiger partial charge is 0.282 e. The number of carbonyl (C=O) groups is 2. The number of carbonyl (C=O) groups excluding carboxylic acids is 2. The highest BCUT2D eigenvalue weighted by molar-refractivity contribution is 7.86. The molecule has 3 aliphatic heterocycles. The van der Waals surface area contributed by atoms with E-state index in [4.69, 9.17) is 16.9 Å². The maximum Gasteiger partial charge on any atom is 0.282 e. The second-order valence-corrected chi connectivity index (χ2v) is 13.3. The lowest BCUT2D eigenvalue weighted by atomic mass is 9.77. The number of likely N-dealkylation sites (tertiary alicyclic amines) is 1. The number of benzene rings is 1. The van der Waals surface area contributed by atoms with Crippen molar-refractivity contribution in [2.75, 3.05) is 32.7 Å². The van der Waals surface area contributed by atoms with Gasteiger partial charge in [-0.1, -0.05) is 18.0 Å². The van der Waals surface area contributed by atoms with Gasteiger partial charge in [-0.2, -0.15) is 22.3 Å². The van der Waals surface area contributed by atoms with Crippen LogP contribution in [0.4, 0.5) is 8.78 Å². The first-order valence-corrected chi connectivity index (χ1v) is 15.3. The summed E-state index contributed by atoms with van der Waals surface area (Å²) < 4.78 is 57.6. The zero-order valence-electron chi connectivity index (χ0n) is 21.5. The number of nitrogens with one attached hydrogen (secondary N) is 1. The SMILES string of the molecule is N#CC1CN(S(=O)(=O)N2CCC[C@H](C(=O)N3CCC[C@@H]3C(=O)N[C@H](c3cc(F)c(Cl)cc3F)C3CCC3)C2)C1. The van der Waals surface area contributed by atoms with Crippen molar-refractivity contribution in [3.05, 3.63) is 34.4 Å². The van der Waals surface area contributed by atoms with E-state index >= 15 is 0 Å². The minimum atomic E-state index is -3.76. The van der Waals surface area contributed by atoms with Crippen molar-refractivity contribution in [3.63, 3.8) is 0 Å². The Kier molecular flexibility index (Phi) is 8.15. The first-order valence-electron chi connectivity index (χ1n) is 13.5. The number of hydrogen-bond acceptors (Lipinski definition) is 5. The lowest BCUT2D eigenvalue weighted by Crippen LogP contribution is -2.57. The van der Waals surface area contributed by atoms with Crippen LogP contribution in [0.15, 0.2) is 12.1 Å². The topological polar surface area (TPSA) is 114 Å². The number of amides is 2. The molecule has 4 fully saturated rings. The van der Waals surface area contributed by atoms with Crippen LogP contribution in [0.5, 0.6) is 0 Å². The summed E-state index contributed by atoms with van der Waals surface area (Å²) in [5.41, 5.74) is 0.0450. The van der Waals surface area contributed by atoms with Crippen LogP contribution >= 0.6 is 11.6 Å². The summed E-state index contributed by atoms with van der Waals surface area (Å²) in [6.45, 7) is 1.01. The molecule has 13 heteroatoms. The summed E-state index contributed by atoms with van der Waals surface area (Å²) in [7, 11) is -3.76. The highest BCUT2D eigenvalue weighted by Crippen LogP contribution is 2.40. The highest BCUT2D eigenvalue weighted by Gasteiger charge is 2.44. The van der Waals surface area contributed by atoms with Crippen LogP contribution in [0.2, 0.25) is 5.02 Å². The standard InChI is InChI=1S/C26H32ClF2N5O4S/c27-20-11-21(28)19(10-22(20)29)24(17-4-1-5-17)31-25(35)23-7-3-9-34(23)26(36)18-6-2-8-32(15-18)39(37,38)33-13-16(12-30)14-33/h10-11,16-18,23-24H,1-9,13-15H2,(H,31,35)/t18-,23+,24-/m0/s1. The van der Waals surface area contributed by atoms with Gasteiger partial charge in [-0.05, 0) is 56.6 Å². The molecule has 212 valence electrons. The molecule has 1 N–H and O–H groups in total. The molecule has 1 saturated carbocycles. The monoisotopic (exact) mass is 583 g/mol. The zero-order chi connectivity index (χ0) is 27.9.